The fraction of sp³-hybridized carbons (Fsp3) is 0. The Morgan fingerprint density at radius 3 is 1.16 bits per heavy atom. The van der Waals surface area contributed by atoms with Crippen LogP contribution in [0.2, 0.25) is 0 Å². The predicted octanol–water partition coefficient (Wildman–Crippen LogP) is 17.0. The first-order chi connectivity index (χ1) is 43.7. The van der Waals surface area contributed by atoms with E-state index in [4.69, 9.17) is 14.2 Å². The van der Waals surface area contributed by atoms with Crippen molar-refractivity contribution in [2.45, 2.75) is 0 Å². The van der Waals surface area contributed by atoms with E-state index in [1.165, 1.54) is 5.46 Å². The fourth-order valence-electron chi connectivity index (χ4n) is 14.2. The van der Waals surface area contributed by atoms with Crippen LogP contribution in [0, 0.1) is 0 Å². The van der Waals surface area contributed by atoms with Crippen molar-refractivity contribution in [1.29, 1.82) is 0 Å². The van der Waals surface area contributed by atoms with E-state index >= 15 is 0 Å². The topological polar surface area (TPSA) is 43.9 Å². The van der Waals surface area contributed by atoms with E-state index in [-0.39, 0.29) is 13.4 Å². The molecule has 0 radical (unpaired) electrons. The summed E-state index contributed by atoms with van der Waals surface area (Å²) in [5.41, 5.74) is 21.7. The number of hydrogen-bond acceptors (Lipinski definition) is 8. The number of anilines is 15. The molecule has 0 aromatic heterocycles. The van der Waals surface area contributed by atoms with Crippen LogP contribution in [0.3, 0.4) is 0 Å². The van der Waals surface area contributed by atoms with Gasteiger partial charge in [0.25, 0.3) is 13.4 Å². The molecule has 0 N–H and O–H groups in total. The SMILES string of the molecule is c1ccc(N(c2ccccc2)c2cc3c4c(c2)N(c2ccccc2)c2ccccc2B4c2cc4c(cc2O3)N(c2ccccc2)c2cc(N(c3ccccc3)c3ccccc3)cc3c2B4c2ccc4c(c2O3)Oc2ccccc2N4c2ccccc2)cc1. The average molecular weight is 1130 g/mol. The number of rotatable bonds is 9. The summed E-state index contributed by atoms with van der Waals surface area (Å²) in [7, 11) is 0. The maximum atomic E-state index is 7.70. The maximum absolute atomic E-state index is 7.70. The Morgan fingerprint density at radius 1 is 0.227 bits per heavy atom. The molecule has 5 aliphatic heterocycles. The van der Waals surface area contributed by atoms with Crippen LogP contribution in [-0.4, -0.2) is 13.4 Å². The standard InChI is InChI=1S/C78H51B2N5O3/c1-8-26-52(27-9-1)81(53-28-10-2-11-29-53)59-46-69-75-73(48-59)86-72-51-68-63(50-64(72)79(75)61-40-22-23-41-65(61)83(69)56-34-16-5-17-35-56)80-62-44-45-67-78(87-71-43-25-24-42-66(71)84(67)57-36-18-6-19-37-57)77(62)88-74-49-60(47-70(76(74)80)85(68)58-38-20-7-21-39-58)82(54-30-12-3-13-31-54)55-32-14-4-15-33-55/h1-51H. The lowest BCUT2D eigenvalue weighted by molar-refractivity contribution is 0.419. The molecule has 5 aliphatic rings. The molecule has 0 bridgehead atoms. The normalized spacial score (nSPS) is 13.2. The van der Waals surface area contributed by atoms with Crippen molar-refractivity contribution in [3.8, 4) is 34.5 Å². The van der Waals surface area contributed by atoms with E-state index in [9.17, 15) is 0 Å². The van der Waals surface area contributed by atoms with Gasteiger partial charge in [-0.25, -0.2) is 0 Å². The van der Waals surface area contributed by atoms with Crippen LogP contribution in [-0.2, 0) is 0 Å². The van der Waals surface area contributed by atoms with Crippen LogP contribution < -0.4 is 71.5 Å². The van der Waals surface area contributed by atoms with E-state index in [0.29, 0.717) is 11.5 Å². The van der Waals surface area contributed by atoms with Gasteiger partial charge >= 0.3 is 0 Å². The van der Waals surface area contributed by atoms with Crippen molar-refractivity contribution in [3.63, 3.8) is 0 Å². The van der Waals surface area contributed by atoms with E-state index in [1.807, 2.05) is 6.07 Å². The highest BCUT2D eigenvalue weighted by atomic mass is 16.5. The van der Waals surface area contributed by atoms with Crippen LogP contribution >= 0.6 is 0 Å². The summed E-state index contributed by atoms with van der Waals surface area (Å²) in [5, 5.41) is 0. The van der Waals surface area contributed by atoms with Gasteiger partial charge in [-0.3, -0.25) is 0 Å². The average Bonchev–Trinajstić information content (AvgIpc) is 0.707. The van der Waals surface area contributed by atoms with Crippen molar-refractivity contribution in [2.75, 3.05) is 24.5 Å². The van der Waals surface area contributed by atoms with E-state index in [0.717, 1.165) is 136 Å². The molecular formula is C78H51B2N5O3. The molecule has 0 fully saturated rings. The van der Waals surface area contributed by atoms with Crippen molar-refractivity contribution in [3.05, 3.63) is 309 Å². The first-order valence-corrected chi connectivity index (χ1v) is 30.0. The van der Waals surface area contributed by atoms with Crippen molar-refractivity contribution in [1.82, 2.24) is 0 Å². The van der Waals surface area contributed by atoms with E-state index < -0.39 is 0 Å². The molecular weight excluding hydrogens is 1080 g/mol. The summed E-state index contributed by atoms with van der Waals surface area (Å²) in [6.45, 7) is -0.540. The summed E-state index contributed by atoms with van der Waals surface area (Å²) >= 11 is 0. The van der Waals surface area contributed by atoms with Crippen molar-refractivity contribution < 1.29 is 14.2 Å². The Hall–Kier alpha value is -11.6. The molecule has 0 saturated carbocycles. The van der Waals surface area contributed by atoms with E-state index in [1.54, 1.807) is 0 Å². The molecule has 0 atom stereocenters. The first-order valence-electron chi connectivity index (χ1n) is 30.0. The Kier molecular flexibility index (Phi) is 11.3. The Balaban J connectivity index is 0.913. The quantitative estimate of drug-likeness (QED) is 0.133. The molecule has 0 spiro atoms. The lowest BCUT2D eigenvalue weighted by Crippen LogP contribution is -2.63. The minimum atomic E-state index is -0.325. The minimum absolute atomic E-state index is 0.216. The highest BCUT2D eigenvalue weighted by Gasteiger charge is 2.49. The van der Waals surface area contributed by atoms with E-state index in [2.05, 4.69) is 328 Å². The third-order valence-corrected chi connectivity index (χ3v) is 17.8. The van der Waals surface area contributed by atoms with Gasteiger partial charge in [0.1, 0.15) is 17.2 Å². The summed E-state index contributed by atoms with van der Waals surface area (Å²) < 4.78 is 22.6. The first kappa shape index (κ1) is 49.8. The molecule has 0 amide bonds. The number of benzene rings is 13. The van der Waals surface area contributed by atoms with Crippen molar-refractivity contribution in [2.24, 2.45) is 0 Å². The molecule has 0 aliphatic carbocycles. The largest absolute Gasteiger partial charge is 0.458 e. The summed E-state index contributed by atoms with van der Waals surface area (Å²) in [6.07, 6.45) is 0. The molecule has 412 valence electrons. The smallest absolute Gasteiger partial charge is 0.256 e. The molecule has 13 aromatic rings. The third kappa shape index (κ3) is 7.75. The van der Waals surface area contributed by atoms with Gasteiger partial charge in [0.15, 0.2) is 17.2 Å². The van der Waals surface area contributed by atoms with Crippen LogP contribution in [0.1, 0.15) is 0 Å². The molecule has 0 saturated heterocycles. The second-order valence-electron chi connectivity index (χ2n) is 22.8. The number of fused-ring (bicyclic) bond motifs is 11. The zero-order valence-electron chi connectivity index (χ0n) is 47.6. The van der Waals surface area contributed by atoms with Gasteiger partial charge in [0.2, 0.25) is 0 Å². The number of para-hydroxylation sites is 10. The van der Waals surface area contributed by atoms with Gasteiger partial charge in [-0.2, -0.15) is 0 Å². The van der Waals surface area contributed by atoms with Crippen LogP contribution in [0.5, 0.6) is 34.5 Å². The number of nitrogens with zero attached hydrogens (tertiary/aromatic N) is 5. The Bertz CT molecular complexity index is 4800. The molecule has 13 aromatic carbocycles. The van der Waals surface area contributed by atoms with Crippen LogP contribution in [0.4, 0.5) is 85.3 Å². The van der Waals surface area contributed by atoms with Crippen LogP contribution in [0.15, 0.2) is 309 Å². The highest BCUT2D eigenvalue weighted by Crippen LogP contribution is 2.56. The molecule has 18 rings (SSSR count). The highest BCUT2D eigenvalue weighted by molar-refractivity contribution is 7.02. The summed E-state index contributed by atoms with van der Waals surface area (Å²) in [6, 6.07) is 110. The lowest BCUT2D eigenvalue weighted by Gasteiger charge is -2.44. The Morgan fingerprint density at radius 2 is 0.636 bits per heavy atom. The van der Waals surface area contributed by atoms with Crippen LogP contribution in [0.25, 0.3) is 0 Å². The molecule has 0 unspecified atom stereocenters. The second kappa shape index (κ2) is 20.0. The van der Waals surface area contributed by atoms with Gasteiger partial charge in [-0.15, -0.1) is 0 Å². The van der Waals surface area contributed by atoms with Crippen molar-refractivity contribution >= 4 is 132 Å². The third-order valence-electron chi connectivity index (χ3n) is 17.8. The fourth-order valence-corrected chi connectivity index (χ4v) is 14.2. The monoisotopic (exact) mass is 1130 g/mol. The number of hydrogen-bond donors (Lipinski definition) is 0. The minimum Gasteiger partial charge on any atom is -0.458 e. The van der Waals surface area contributed by atoms with Gasteiger partial charge in [-0.1, -0.05) is 170 Å². The van der Waals surface area contributed by atoms with Gasteiger partial charge in [-0.05, 0) is 154 Å². The maximum Gasteiger partial charge on any atom is 0.256 e. The zero-order valence-corrected chi connectivity index (χ0v) is 47.6. The van der Waals surface area contributed by atoms with Gasteiger partial charge < -0.3 is 38.7 Å². The molecule has 5 heterocycles. The molecule has 10 heteroatoms. The number of ether oxygens (including phenoxy) is 3. The summed E-state index contributed by atoms with van der Waals surface area (Å²) in [5.74, 6) is 4.41. The van der Waals surface area contributed by atoms with Gasteiger partial charge in [0.05, 0.1) is 22.7 Å². The van der Waals surface area contributed by atoms with Gasteiger partial charge in [0, 0.05) is 80.8 Å². The molecule has 88 heavy (non-hydrogen) atoms. The molecule has 8 nitrogen and oxygen atoms in total. The predicted molar refractivity (Wildman–Crippen MR) is 362 cm³/mol. The second-order valence-corrected chi connectivity index (χ2v) is 22.8. The Labute approximate surface area is 511 Å². The zero-order chi connectivity index (χ0) is 57.8. The summed E-state index contributed by atoms with van der Waals surface area (Å²) in [4.78, 5) is 11.8. The lowest BCUT2D eigenvalue weighted by atomic mass is 9.31.